The monoisotopic (exact) mass is 339 g/mol. The molecule has 0 aliphatic carbocycles. The quantitative estimate of drug-likeness (QED) is 0.872. The predicted molar refractivity (Wildman–Crippen MR) is 96.0 cm³/mol. The molecule has 0 radical (unpaired) electrons. The van der Waals surface area contributed by atoms with Crippen LogP contribution in [-0.2, 0) is 11.2 Å². The Morgan fingerprint density at radius 2 is 1.79 bits per heavy atom. The van der Waals surface area contributed by atoms with Crippen LogP contribution in [0.5, 0.6) is 5.75 Å². The van der Waals surface area contributed by atoms with Crippen molar-refractivity contribution in [1.82, 2.24) is 5.32 Å². The van der Waals surface area contributed by atoms with Crippen molar-refractivity contribution in [2.24, 2.45) is 0 Å². The number of hydrogen-bond acceptors (Lipinski definition) is 4. The highest BCUT2D eigenvalue weighted by Crippen LogP contribution is 2.24. The Morgan fingerprint density at radius 1 is 1.08 bits per heavy atom. The second-order valence-corrected chi connectivity index (χ2v) is 6.67. The van der Waals surface area contributed by atoms with E-state index in [9.17, 15) is 9.59 Å². The molecule has 3 rings (SSSR count). The molecule has 1 saturated heterocycles. The van der Waals surface area contributed by atoms with E-state index in [1.807, 2.05) is 54.6 Å². The van der Waals surface area contributed by atoms with Crippen LogP contribution < -0.4 is 10.1 Å². The second-order valence-electron chi connectivity index (χ2n) is 5.49. The summed E-state index contributed by atoms with van der Waals surface area (Å²) in [5.41, 5.74) is 2.96. The van der Waals surface area contributed by atoms with E-state index in [1.165, 1.54) is 0 Å². The summed E-state index contributed by atoms with van der Waals surface area (Å²) >= 11 is 1.04. The number of nitrogens with one attached hydrogen (secondary N) is 1. The van der Waals surface area contributed by atoms with Crippen LogP contribution in [-0.4, -0.2) is 23.0 Å². The maximum absolute atomic E-state index is 11.6. The second kappa shape index (κ2) is 7.36. The normalized spacial score (nSPS) is 16.8. The van der Waals surface area contributed by atoms with E-state index in [4.69, 9.17) is 4.74 Å². The summed E-state index contributed by atoms with van der Waals surface area (Å²) in [6, 6.07) is 17.5. The lowest BCUT2D eigenvalue weighted by atomic mass is 10.1. The molecule has 1 fully saturated rings. The lowest BCUT2D eigenvalue weighted by Gasteiger charge is -2.10. The van der Waals surface area contributed by atoms with Crippen LogP contribution in [0, 0.1) is 0 Å². The zero-order valence-electron chi connectivity index (χ0n) is 13.0. The Hall–Kier alpha value is -2.53. The third kappa shape index (κ3) is 4.06. The maximum Gasteiger partial charge on any atom is 0.286 e. The largest absolute Gasteiger partial charge is 0.489 e. The van der Waals surface area contributed by atoms with Crippen molar-refractivity contribution < 1.29 is 14.3 Å². The molecule has 2 amide bonds. The maximum atomic E-state index is 11.6. The zero-order valence-corrected chi connectivity index (χ0v) is 13.8. The summed E-state index contributed by atoms with van der Waals surface area (Å²) in [4.78, 5) is 22.8. The Labute approximate surface area is 144 Å². The summed E-state index contributed by atoms with van der Waals surface area (Å²) in [5, 5.41) is 1.68. The van der Waals surface area contributed by atoms with E-state index in [0.717, 1.165) is 34.2 Å². The van der Waals surface area contributed by atoms with E-state index >= 15 is 0 Å². The van der Waals surface area contributed by atoms with Gasteiger partial charge in [-0.05, 0) is 35.3 Å². The number of carbonyl (C=O) groups excluding carboxylic acids is 2. The summed E-state index contributed by atoms with van der Waals surface area (Å²) in [7, 11) is 0. The topological polar surface area (TPSA) is 55.4 Å². The van der Waals surface area contributed by atoms with Crippen molar-refractivity contribution in [3.05, 3.63) is 72.3 Å². The summed E-state index contributed by atoms with van der Waals surface area (Å²) in [5.74, 6) is 0.528. The fourth-order valence-corrected chi connectivity index (χ4v) is 3.25. The highest BCUT2D eigenvalue weighted by Gasteiger charge is 2.31. The Morgan fingerprint density at radius 3 is 2.42 bits per heavy atom. The molecule has 0 bridgehead atoms. The minimum absolute atomic E-state index is 0.218. The van der Waals surface area contributed by atoms with Gasteiger partial charge in [-0.25, -0.2) is 0 Å². The molecule has 5 heteroatoms. The van der Waals surface area contributed by atoms with Crippen LogP contribution in [0.3, 0.4) is 0 Å². The van der Waals surface area contributed by atoms with Gasteiger partial charge in [0.05, 0.1) is 5.25 Å². The van der Waals surface area contributed by atoms with Crippen LogP contribution in [0.2, 0.25) is 0 Å². The predicted octanol–water partition coefficient (Wildman–Crippen LogP) is 3.67. The number of ether oxygens (including phenoxy) is 1. The van der Waals surface area contributed by atoms with Crippen LogP contribution in [0.25, 0.3) is 5.57 Å². The molecule has 4 nitrogen and oxygen atoms in total. The summed E-state index contributed by atoms with van der Waals surface area (Å²) < 4.78 is 5.75. The van der Waals surface area contributed by atoms with Gasteiger partial charge in [0.2, 0.25) is 5.91 Å². The smallest absolute Gasteiger partial charge is 0.286 e. The van der Waals surface area contributed by atoms with Crippen LogP contribution >= 0.6 is 11.8 Å². The third-order valence-electron chi connectivity index (χ3n) is 3.71. The standard InChI is InChI=1S/C19H17NO3S/c1-13(15-5-3-2-4-6-15)12-23-16-9-7-14(8-10-16)11-17-18(21)20-19(22)24-17/h2-10,17H,1,11-12H2,(H,20,21,22). The average molecular weight is 339 g/mol. The first-order valence-electron chi connectivity index (χ1n) is 7.58. The minimum atomic E-state index is -0.345. The van der Waals surface area contributed by atoms with E-state index in [-0.39, 0.29) is 16.4 Å². The van der Waals surface area contributed by atoms with Gasteiger partial charge in [-0.2, -0.15) is 0 Å². The zero-order chi connectivity index (χ0) is 16.9. The number of thioether (sulfide) groups is 1. The van der Waals surface area contributed by atoms with Crippen LogP contribution in [0.4, 0.5) is 4.79 Å². The van der Waals surface area contributed by atoms with Gasteiger partial charge < -0.3 is 4.74 Å². The number of carbonyl (C=O) groups is 2. The molecule has 0 aromatic heterocycles. The third-order valence-corrected chi connectivity index (χ3v) is 4.69. The van der Waals surface area contributed by atoms with Crippen molar-refractivity contribution in [1.29, 1.82) is 0 Å². The first-order chi connectivity index (χ1) is 11.6. The first kappa shape index (κ1) is 16.3. The minimum Gasteiger partial charge on any atom is -0.489 e. The van der Waals surface area contributed by atoms with E-state index in [2.05, 4.69) is 11.9 Å². The molecule has 1 unspecified atom stereocenters. The van der Waals surface area contributed by atoms with Gasteiger partial charge in [-0.1, -0.05) is 60.8 Å². The molecule has 2 aromatic carbocycles. The van der Waals surface area contributed by atoms with Crippen molar-refractivity contribution >= 4 is 28.5 Å². The molecule has 2 aromatic rings. The highest BCUT2D eigenvalue weighted by molar-refractivity contribution is 8.15. The molecule has 1 heterocycles. The van der Waals surface area contributed by atoms with Gasteiger partial charge in [-0.15, -0.1) is 0 Å². The fourth-order valence-electron chi connectivity index (χ4n) is 2.39. The fraction of sp³-hybridized carbons (Fsp3) is 0.158. The van der Waals surface area contributed by atoms with E-state index in [0.29, 0.717) is 13.0 Å². The van der Waals surface area contributed by atoms with Crippen molar-refractivity contribution in [2.75, 3.05) is 6.61 Å². The number of hydrogen-bond donors (Lipinski definition) is 1. The molecule has 1 aliphatic rings. The number of imide groups is 1. The molecule has 1 N–H and O–H groups in total. The lowest BCUT2D eigenvalue weighted by molar-refractivity contribution is -0.118. The highest BCUT2D eigenvalue weighted by atomic mass is 32.2. The average Bonchev–Trinajstić information content (AvgIpc) is 2.92. The number of amides is 2. The summed E-state index contributed by atoms with van der Waals surface area (Å²) in [6.45, 7) is 4.45. The van der Waals surface area contributed by atoms with E-state index < -0.39 is 0 Å². The van der Waals surface area contributed by atoms with Gasteiger partial charge in [0.25, 0.3) is 5.24 Å². The molecular formula is C19H17NO3S. The van der Waals surface area contributed by atoms with Crippen molar-refractivity contribution in [2.45, 2.75) is 11.7 Å². The number of rotatable bonds is 6. The van der Waals surface area contributed by atoms with E-state index in [1.54, 1.807) is 0 Å². The number of benzene rings is 2. The molecule has 1 atom stereocenters. The molecule has 1 aliphatic heterocycles. The van der Waals surface area contributed by atoms with Gasteiger partial charge in [0, 0.05) is 0 Å². The molecular weight excluding hydrogens is 322 g/mol. The van der Waals surface area contributed by atoms with Gasteiger partial charge in [-0.3, -0.25) is 14.9 Å². The van der Waals surface area contributed by atoms with Crippen molar-refractivity contribution in [3.8, 4) is 5.75 Å². The Kier molecular flexibility index (Phi) is 5.01. The Balaban J connectivity index is 1.54. The van der Waals surface area contributed by atoms with Gasteiger partial charge >= 0.3 is 0 Å². The van der Waals surface area contributed by atoms with Gasteiger partial charge in [0.15, 0.2) is 0 Å². The van der Waals surface area contributed by atoms with Crippen LogP contribution in [0.15, 0.2) is 61.2 Å². The SMILES string of the molecule is C=C(COc1ccc(CC2SC(=O)NC2=O)cc1)c1ccccc1. The lowest BCUT2D eigenvalue weighted by Crippen LogP contribution is -2.25. The van der Waals surface area contributed by atoms with Gasteiger partial charge in [0.1, 0.15) is 12.4 Å². The molecule has 0 spiro atoms. The summed E-state index contributed by atoms with van der Waals surface area (Å²) in [6.07, 6.45) is 0.527. The molecule has 122 valence electrons. The van der Waals surface area contributed by atoms with Crippen molar-refractivity contribution in [3.63, 3.8) is 0 Å². The molecule has 0 saturated carbocycles. The first-order valence-corrected chi connectivity index (χ1v) is 8.46. The Bertz CT molecular complexity index is 756. The molecule has 24 heavy (non-hydrogen) atoms. The van der Waals surface area contributed by atoms with Crippen LogP contribution in [0.1, 0.15) is 11.1 Å².